The van der Waals surface area contributed by atoms with Crippen molar-refractivity contribution < 1.29 is 9.53 Å². The summed E-state index contributed by atoms with van der Waals surface area (Å²) in [4.78, 5) is 24.6. The number of aromatic nitrogens is 2. The number of ketones is 1. The molecule has 5 nitrogen and oxygen atoms in total. The number of hydrogen-bond acceptors (Lipinski definition) is 3. The number of Topliss-reactive ketones (excluding diaryl/α,β-unsaturated/α-hetero) is 1. The molecule has 1 aromatic carbocycles. The fraction of sp³-hybridized carbons (Fsp3) is 0.467. The number of nitrogens with zero attached hydrogens (tertiary/aromatic N) is 2. The third-order valence-corrected chi connectivity index (χ3v) is 4.85. The molecule has 0 radical (unpaired) electrons. The first-order chi connectivity index (χ1) is 9.90. The van der Waals surface area contributed by atoms with Crippen molar-refractivity contribution in [1.29, 1.82) is 0 Å². The van der Waals surface area contributed by atoms with Crippen LogP contribution in [0, 0.1) is 5.92 Å². The number of aryl methyl sites for hydroxylation is 2. The van der Waals surface area contributed by atoms with Gasteiger partial charge in [0.25, 0.3) is 0 Å². The van der Waals surface area contributed by atoms with E-state index in [0.29, 0.717) is 12.2 Å². The second-order valence-corrected chi connectivity index (χ2v) is 6.52. The van der Waals surface area contributed by atoms with Gasteiger partial charge in [-0.1, -0.05) is 0 Å². The molecule has 0 amide bonds. The maximum atomic E-state index is 12.7. The molecule has 0 bridgehead atoms. The van der Waals surface area contributed by atoms with Crippen molar-refractivity contribution in [2.24, 2.45) is 20.0 Å². The molecule has 1 aromatic heterocycles. The standard InChI is InChI=1S/C15H17BrN2O3/c1-8-4-9(7-21-8)14(19)10-5-12-13(6-11(10)16)18(3)15(20)17(12)2/h5-6,8-9H,4,7H2,1-3H3. The summed E-state index contributed by atoms with van der Waals surface area (Å²) in [7, 11) is 3.44. The summed E-state index contributed by atoms with van der Waals surface area (Å²) < 4.78 is 9.35. The Balaban J connectivity index is 2.11. The first-order valence-corrected chi connectivity index (χ1v) is 7.70. The molecule has 1 fully saturated rings. The largest absolute Gasteiger partial charge is 0.378 e. The summed E-state index contributed by atoms with van der Waals surface area (Å²) in [6.07, 6.45) is 0.874. The molecule has 0 N–H and O–H groups in total. The van der Waals surface area contributed by atoms with Crippen LogP contribution in [0.1, 0.15) is 23.7 Å². The third-order valence-electron chi connectivity index (χ3n) is 4.20. The molecule has 112 valence electrons. The second-order valence-electron chi connectivity index (χ2n) is 5.66. The lowest BCUT2D eigenvalue weighted by molar-refractivity contribution is 0.0877. The van der Waals surface area contributed by atoms with Gasteiger partial charge in [0.2, 0.25) is 0 Å². The van der Waals surface area contributed by atoms with Crippen LogP contribution >= 0.6 is 15.9 Å². The lowest BCUT2D eigenvalue weighted by Crippen LogP contribution is -2.19. The van der Waals surface area contributed by atoms with E-state index in [0.717, 1.165) is 21.9 Å². The van der Waals surface area contributed by atoms with E-state index in [1.54, 1.807) is 29.3 Å². The second kappa shape index (κ2) is 5.10. The summed E-state index contributed by atoms with van der Waals surface area (Å²) >= 11 is 3.46. The van der Waals surface area contributed by atoms with Crippen molar-refractivity contribution in [1.82, 2.24) is 9.13 Å². The summed E-state index contributed by atoms with van der Waals surface area (Å²) in [5, 5.41) is 0. The molecule has 3 rings (SSSR count). The minimum absolute atomic E-state index is 0.0735. The van der Waals surface area contributed by atoms with Gasteiger partial charge < -0.3 is 4.74 Å². The van der Waals surface area contributed by atoms with Crippen LogP contribution in [0.3, 0.4) is 0 Å². The smallest absolute Gasteiger partial charge is 0.328 e. The van der Waals surface area contributed by atoms with E-state index in [4.69, 9.17) is 4.74 Å². The van der Waals surface area contributed by atoms with Crippen molar-refractivity contribution in [2.45, 2.75) is 19.4 Å². The zero-order chi connectivity index (χ0) is 15.3. The van der Waals surface area contributed by atoms with Crippen LogP contribution < -0.4 is 5.69 Å². The zero-order valence-corrected chi connectivity index (χ0v) is 13.8. The molecule has 1 aliphatic rings. The Labute approximate surface area is 130 Å². The predicted octanol–water partition coefficient (Wildman–Crippen LogP) is 2.25. The van der Waals surface area contributed by atoms with Gasteiger partial charge >= 0.3 is 5.69 Å². The van der Waals surface area contributed by atoms with Gasteiger partial charge in [-0.15, -0.1) is 0 Å². The predicted molar refractivity (Wildman–Crippen MR) is 83.7 cm³/mol. The number of rotatable bonds is 2. The molecule has 2 atom stereocenters. The minimum atomic E-state index is -0.102. The average molecular weight is 353 g/mol. The summed E-state index contributed by atoms with van der Waals surface area (Å²) in [6, 6.07) is 3.63. The SMILES string of the molecule is CC1CC(C(=O)c2cc3c(cc2Br)n(C)c(=O)n3C)CO1. The number of carbonyl (C=O) groups excluding carboxylic acids is 1. The van der Waals surface area contributed by atoms with Gasteiger partial charge in [-0.25, -0.2) is 4.79 Å². The highest BCUT2D eigenvalue weighted by atomic mass is 79.9. The van der Waals surface area contributed by atoms with E-state index >= 15 is 0 Å². The van der Waals surface area contributed by atoms with Crippen molar-refractivity contribution >= 4 is 32.7 Å². The lowest BCUT2D eigenvalue weighted by Gasteiger charge is -2.09. The van der Waals surface area contributed by atoms with Gasteiger partial charge in [0.15, 0.2) is 5.78 Å². The molecule has 0 saturated carbocycles. The van der Waals surface area contributed by atoms with Crippen LogP contribution in [0.15, 0.2) is 21.4 Å². The minimum Gasteiger partial charge on any atom is -0.378 e. The Hall–Kier alpha value is -1.40. The van der Waals surface area contributed by atoms with Crippen molar-refractivity contribution in [3.63, 3.8) is 0 Å². The summed E-state index contributed by atoms with van der Waals surface area (Å²) in [6.45, 7) is 2.45. The maximum absolute atomic E-state index is 12.7. The first-order valence-electron chi connectivity index (χ1n) is 6.91. The van der Waals surface area contributed by atoms with Gasteiger partial charge in [-0.3, -0.25) is 13.9 Å². The fourth-order valence-corrected chi connectivity index (χ4v) is 3.46. The third kappa shape index (κ3) is 2.26. The quantitative estimate of drug-likeness (QED) is 0.779. The van der Waals surface area contributed by atoms with E-state index in [9.17, 15) is 9.59 Å². The molecular formula is C15H17BrN2O3. The van der Waals surface area contributed by atoms with Gasteiger partial charge in [-0.2, -0.15) is 0 Å². The molecule has 2 heterocycles. The summed E-state index contributed by atoms with van der Waals surface area (Å²) in [5.74, 6) is -0.0288. The fourth-order valence-electron chi connectivity index (χ4n) is 2.93. The van der Waals surface area contributed by atoms with Crippen LogP contribution in [0.4, 0.5) is 0 Å². The summed E-state index contributed by atoms with van der Waals surface area (Å²) in [5.41, 5.74) is 2.09. The van der Waals surface area contributed by atoms with Gasteiger partial charge in [0.1, 0.15) is 0 Å². The van der Waals surface area contributed by atoms with Gasteiger partial charge in [-0.05, 0) is 41.4 Å². The van der Waals surface area contributed by atoms with Crippen LogP contribution in [0.5, 0.6) is 0 Å². The molecule has 21 heavy (non-hydrogen) atoms. The number of carbonyl (C=O) groups is 1. The van der Waals surface area contributed by atoms with Gasteiger partial charge in [0.05, 0.1) is 23.7 Å². The molecular weight excluding hydrogens is 336 g/mol. The van der Waals surface area contributed by atoms with E-state index in [-0.39, 0.29) is 23.5 Å². The highest BCUT2D eigenvalue weighted by Gasteiger charge is 2.30. The van der Waals surface area contributed by atoms with Crippen molar-refractivity contribution in [2.75, 3.05) is 6.61 Å². The highest BCUT2D eigenvalue weighted by Crippen LogP contribution is 2.29. The number of imidazole rings is 1. The Morgan fingerprint density at radius 1 is 1.29 bits per heavy atom. The number of hydrogen-bond donors (Lipinski definition) is 0. The Bertz CT molecular complexity index is 790. The van der Waals surface area contributed by atoms with Crippen molar-refractivity contribution in [3.8, 4) is 0 Å². The van der Waals surface area contributed by atoms with E-state index in [2.05, 4.69) is 15.9 Å². The van der Waals surface area contributed by atoms with Crippen molar-refractivity contribution in [3.05, 3.63) is 32.7 Å². The molecule has 6 heteroatoms. The molecule has 2 aromatic rings. The highest BCUT2D eigenvalue weighted by molar-refractivity contribution is 9.10. The Morgan fingerprint density at radius 3 is 2.48 bits per heavy atom. The van der Waals surface area contributed by atoms with Crippen LogP contribution in [0.2, 0.25) is 0 Å². The van der Waals surface area contributed by atoms with Crippen LogP contribution in [-0.4, -0.2) is 27.6 Å². The monoisotopic (exact) mass is 352 g/mol. The first kappa shape index (κ1) is 14.5. The number of halogens is 1. The van der Waals surface area contributed by atoms with E-state index < -0.39 is 0 Å². The number of benzene rings is 1. The Morgan fingerprint density at radius 2 is 1.90 bits per heavy atom. The van der Waals surface area contributed by atoms with Crippen LogP contribution in [-0.2, 0) is 18.8 Å². The average Bonchev–Trinajstić information content (AvgIpc) is 2.97. The molecule has 2 unspecified atom stereocenters. The Kier molecular flexibility index (Phi) is 3.53. The lowest BCUT2D eigenvalue weighted by atomic mass is 9.95. The number of ether oxygens (including phenoxy) is 1. The molecule has 0 spiro atoms. The maximum Gasteiger partial charge on any atom is 0.328 e. The topological polar surface area (TPSA) is 53.2 Å². The normalized spacial score (nSPS) is 22.1. The van der Waals surface area contributed by atoms with Crippen LogP contribution in [0.25, 0.3) is 11.0 Å². The van der Waals surface area contributed by atoms with Gasteiger partial charge in [0, 0.05) is 30.0 Å². The molecule has 1 aliphatic heterocycles. The molecule has 0 aliphatic carbocycles. The number of fused-ring (bicyclic) bond motifs is 1. The van der Waals surface area contributed by atoms with E-state index in [1.165, 1.54) is 0 Å². The zero-order valence-electron chi connectivity index (χ0n) is 12.2. The molecule has 1 saturated heterocycles. The van der Waals surface area contributed by atoms with E-state index in [1.807, 2.05) is 13.0 Å².